The molecule has 1 saturated heterocycles. The first-order valence-corrected chi connectivity index (χ1v) is 11.4. The third-order valence-corrected chi connectivity index (χ3v) is 6.76. The molecule has 5 nitrogen and oxygen atoms in total. The lowest BCUT2D eigenvalue weighted by molar-refractivity contribution is -0.126. The number of rotatable bonds is 7. The topological polar surface area (TPSA) is 46.5 Å². The number of aromatic nitrogens is 1. The number of carbonyl (C=O) groups is 1. The van der Waals surface area contributed by atoms with E-state index >= 15 is 0 Å². The molecule has 4 rings (SSSR count). The molecular weight excluding hydrogens is 374 g/mol. The number of likely N-dealkylation sites (tertiary alicyclic amines) is 1. The number of nitrogens with one attached hydrogen (secondary N) is 1. The molecule has 1 aromatic carbocycles. The van der Waals surface area contributed by atoms with Gasteiger partial charge in [-0.05, 0) is 81.8 Å². The summed E-state index contributed by atoms with van der Waals surface area (Å²) in [6, 6.07) is 6.27. The van der Waals surface area contributed by atoms with E-state index in [1.54, 1.807) is 7.11 Å². The average Bonchev–Trinajstić information content (AvgIpc) is 3.09. The first-order chi connectivity index (χ1) is 14.6. The number of nitrogens with zero attached hydrogens (tertiary/aromatic N) is 2. The molecule has 1 fully saturated rings. The molecule has 0 radical (unpaired) electrons. The molecule has 1 aromatic heterocycles. The average molecular weight is 410 g/mol. The lowest BCUT2D eigenvalue weighted by atomic mass is 9.95. The number of methoxy groups -OCH3 is 1. The van der Waals surface area contributed by atoms with Gasteiger partial charge in [0.05, 0.1) is 7.11 Å². The lowest BCUT2D eigenvalue weighted by Gasteiger charge is -2.31. The van der Waals surface area contributed by atoms with E-state index in [0.29, 0.717) is 0 Å². The fourth-order valence-electron chi connectivity index (χ4n) is 4.92. The van der Waals surface area contributed by atoms with Crippen LogP contribution in [0.3, 0.4) is 0 Å². The molecule has 0 spiro atoms. The van der Waals surface area contributed by atoms with Crippen molar-refractivity contribution in [1.29, 1.82) is 0 Å². The predicted molar refractivity (Wildman–Crippen MR) is 122 cm³/mol. The summed E-state index contributed by atoms with van der Waals surface area (Å²) < 4.78 is 7.60. The number of piperidine rings is 1. The van der Waals surface area contributed by atoms with Crippen LogP contribution in [0.1, 0.15) is 50.5 Å². The van der Waals surface area contributed by atoms with Gasteiger partial charge in [0.15, 0.2) is 0 Å². The summed E-state index contributed by atoms with van der Waals surface area (Å²) in [4.78, 5) is 15.1. The van der Waals surface area contributed by atoms with Crippen molar-refractivity contribution in [3.05, 3.63) is 41.6 Å². The smallest absolute Gasteiger partial charge is 0.223 e. The van der Waals surface area contributed by atoms with Gasteiger partial charge in [-0.1, -0.05) is 11.6 Å². The van der Waals surface area contributed by atoms with E-state index < -0.39 is 0 Å². The zero-order chi connectivity index (χ0) is 20.9. The van der Waals surface area contributed by atoms with Crippen LogP contribution in [0.2, 0.25) is 0 Å². The Bertz CT molecular complexity index is 906. The first kappa shape index (κ1) is 21.0. The van der Waals surface area contributed by atoms with Gasteiger partial charge in [0.25, 0.3) is 0 Å². The highest BCUT2D eigenvalue weighted by Gasteiger charge is 2.25. The van der Waals surface area contributed by atoms with Crippen LogP contribution in [0.15, 0.2) is 36.0 Å². The molecule has 0 atom stereocenters. The molecule has 1 amide bonds. The Balaban J connectivity index is 1.27. The fraction of sp³-hybridized carbons (Fsp3) is 0.560. The summed E-state index contributed by atoms with van der Waals surface area (Å²) in [6.07, 6.45) is 12.6. The molecule has 2 heterocycles. The van der Waals surface area contributed by atoms with Crippen molar-refractivity contribution in [3.63, 3.8) is 0 Å². The zero-order valence-corrected chi connectivity index (χ0v) is 18.5. The minimum Gasteiger partial charge on any atom is -0.497 e. The Morgan fingerprint density at radius 2 is 2.07 bits per heavy atom. The SMILES string of the molecule is COc1ccc2c(c1)c(CN1CCC(C(=O)NCCC3=CCCCC3)CC1)cn2C. The zero-order valence-electron chi connectivity index (χ0n) is 18.5. The summed E-state index contributed by atoms with van der Waals surface area (Å²) >= 11 is 0. The minimum absolute atomic E-state index is 0.161. The third-order valence-electron chi connectivity index (χ3n) is 6.76. The van der Waals surface area contributed by atoms with Crippen molar-refractivity contribution in [1.82, 2.24) is 14.8 Å². The Hall–Kier alpha value is -2.27. The molecule has 1 aliphatic heterocycles. The van der Waals surface area contributed by atoms with Crippen LogP contribution < -0.4 is 10.1 Å². The van der Waals surface area contributed by atoms with Crippen molar-refractivity contribution in [2.45, 2.75) is 51.5 Å². The van der Waals surface area contributed by atoms with E-state index in [1.807, 2.05) is 6.07 Å². The number of aryl methyl sites for hydroxylation is 1. The third kappa shape index (κ3) is 4.89. The molecule has 1 aliphatic carbocycles. The van der Waals surface area contributed by atoms with Gasteiger partial charge in [-0.25, -0.2) is 0 Å². The number of hydrogen-bond donors (Lipinski definition) is 1. The van der Waals surface area contributed by atoms with Gasteiger partial charge in [0, 0.05) is 43.2 Å². The van der Waals surface area contributed by atoms with Crippen LogP contribution in [0.5, 0.6) is 5.75 Å². The second-order valence-corrected chi connectivity index (χ2v) is 8.85. The Morgan fingerprint density at radius 3 is 2.80 bits per heavy atom. The normalized spacial score (nSPS) is 18.4. The van der Waals surface area contributed by atoms with E-state index in [-0.39, 0.29) is 11.8 Å². The van der Waals surface area contributed by atoms with Crippen molar-refractivity contribution in [3.8, 4) is 5.75 Å². The molecule has 0 saturated carbocycles. The monoisotopic (exact) mass is 409 g/mol. The van der Waals surface area contributed by atoms with Crippen LogP contribution in [0.25, 0.3) is 10.9 Å². The summed E-state index contributed by atoms with van der Waals surface area (Å²) in [7, 11) is 3.81. The van der Waals surface area contributed by atoms with Crippen molar-refractivity contribution < 1.29 is 9.53 Å². The Kier molecular flexibility index (Phi) is 6.78. The highest BCUT2D eigenvalue weighted by molar-refractivity contribution is 5.85. The van der Waals surface area contributed by atoms with E-state index in [2.05, 4.69) is 46.2 Å². The highest BCUT2D eigenvalue weighted by Crippen LogP contribution is 2.28. The number of allylic oxidation sites excluding steroid dienone is 1. The van der Waals surface area contributed by atoms with E-state index in [1.165, 1.54) is 47.7 Å². The molecule has 2 aliphatic rings. The molecule has 162 valence electrons. The van der Waals surface area contributed by atoms with Crippen LogP contribution in [-0.2, 0) is 18.4 Å². The minimum atomic E-state index is 0.161. The molecule has 30 heavy (non-hydrogen) atoms. The molecule has 5 heteroatoms. The Morgan fingerprint density at radius 1 is 1.23 bits per heavy atom. The quantitative estimate of drug-likeness (QED) is 0.689. The number of amides is 1. The standard InChI is InChI=1S/C25H35N3O2/c1-27-17-21(23-16-22(30-2)8-9-24(23)27)18-28-14-11-20(12-15-28)25(29)26-13-10-19-6-4-3-5-7-19/h6,8-9,16-17,20H,3-5,7,10-15,18H2,1-2H3,(H,26,29). The summed E-state index contributed by atoms with van der Waals surface area (Å²) in [5.41, 5.74) is 4.09. The lowest BCUT2D eigenvalue weighted by Crippen LogP contribution is -2.40. The van der Waals surface area contributed by atoms with Gasteiger partial charge in [0.2, 0.25) is 5.91 Å². The van der Waals surface area contributed by atoms with Gasteiger partial charge >= 0.3 is 0 Å². The number of carbonyl (C=O) groups excluding carboxylic acids is 1. The van der Waals surface area contributed by atoms with Gasteiger partial charge in [0.1, 0.15) is 5.75 Å². The van der Waals surface area contributed by atoms with Crippen LogP contribution in [0, 0.1) is 5.92 Å². The second-order valence-electron chi connectivity index (χ2n) is 8.85. The maximum Gasteiger partial charge on any atom is 0.223 e. The second kappa shape index (κ2) is 9.69. The summed E-state index contributed by atoms with van der Waals surface area (Å²) in [6.45, 7) is 3.67. The number of ether oxygens (including phenoxy) is 1. The number of benzene rings is 1. The number of fused-ring (bicyclic) bond motifs is 1. The maximum absolute atomic E-state index is 12.6. The Labute approximate surface area is 180 Å². The van der Waals surface area contributed by atoms with Crippen LogP contribution >= 0.6 is 0 Å². The number of hydrogen-bond acceptors (Lipinski definition) is 3. The van der Waals surface area contributed by atoms with Crippen molar-refractivity contribution in [2.24, 2.45) is 13.0 Å². The van der Waals surface area contributed by atoms with Crippen molar-refractivity contribution in [2.75, 3.05) is 26.7 Å². The van der Waals surface area contributed by atoms with Crippen LogP contribution in [-0.4, -0.2) is 42.1 Å². The van der Waals surface area contributed by atoms with Crippen LogP contribution in [0.4, 0.5) is 0 Å². The van der Waals surface area contributed by atoms with Gasteiger partial charge in [-0.2, -0.15) is 0 Å². The van der Waals surface area contributed by atoms with Gasteiger partial charge in [-0.15, -0.1) is 0 Å². The largest absolute Gasteiger partial charge is 0.497 e. The molecular formula is C25H35N3O2. The molecule has 0 bridgehead atoms. The predicted octanol–water partition coefficient (Wildman–Crippen LogP) is 4.41. The van der Waals surface area contributed by atoms with E-state index in [0.717, 1.165) is 51.2 Å². The first-order valence-electron chi connectivity index (χ1n) is 11.4. The molecule has 1 N–H and O–H groups in total. The highest BCUT2D eigenvalue weighted by atomic mass is 16.5. The van der Waals surface area contributed by atoms with Gasteiger partial charge in [-0.3, -0.25) is 9.69 Å². The molecule has 0 unspecified atom stereocenters. The summed E-state index contributed by atoms with van der Waals surface area (Å²) in [5.74, 6) is 1.31. The molecule has 2 aromatic rings. The summed E-state index contributed by atoms with van der Waals surface area (Å²) in [5, 5.41) is 4.45. The van der Waals surface area contributed by atoms with Crippen molar-refractivity contribution >= 4 is 16.8 Å². The maximum atomic E-state index is 12.6. The van der Waals surface area contributed by atoms with E-state index in [4.69, 9.17) is 4.74 Å². The van der Waals surface area contributed by atoms with Gasteiger partial charge < -0.3 is 14.6 Å². The fourth-order valence-corrected chi connectivity index (χ4v) is 4.92. The van der Waals surface area contributed by atoms with E-state index in [9.17, 15) is 4.79 Å².